The summed E-state index contributed by atoms with van der Waals surface area (Å²) in [6.45, 7) is 0.625. The van der Waals surface area contributed by atoms with Gasteiger partial charge in [-0.25, -0.2) is 4.79 Å². The summed E-state index contributed by atoms with van der Waals surface area (Å²) >= 11 is 0. The van der Waals surface area contributed by atoms with Crippen LogP contribution >= 0.6 is 0 Å². The molecule has 1 saturated heterocycles. The molecule has 3 rings (SSSR count). The standard InChI is InChI=1S/C14H15N3O4/c1-16-10-5-3-2-4-9(10)12(15-16)13(18)17-6-7-21-11(8-17)14(19)20/h2-5,11H,6-8H2,1H3,(H,19,20). The van der Waals surface area contributed by atoms with Gasteiger partial charge in [0.25, 0.3) is 5.91 Å². The second kappa shape index (κ2) is 5.17. The quantitative estimate of drug-likeness (QED) is 0.870. The molecule has 0 spiro atoms. The van der Waals surface area contributed by atoms with E-state index >= 15 is 0 Å². The predicted octanol–water partition coefficient (Wildman–Crippen LogP) is 0.499. The lowest BCUT2D eigenvalue weighted by Gasteiger charge is -2.30. The largest absolute Gasteiger partial charge is 0.479 e. The Morgan fingerprint density at radius 3 is 2.90 bits per heavy atom. The highest BCUT2D eigenvalue weighted by Crippen LogP contribution is 2.20. The Hall–Kier alpha value is -2.41. The van der Waals surface area contributed by atoms with Gasteiger partial charge in [-0.1, -0.05) is 18.2 Å². The fourth-order valence-electron chi connectivity index (χ4n) is 2.50. The molecule has 1 N–H and O–H groups in total. The van der Waals surface area contributed by atoms with Gasteiger partial charge in [0, 0.05) is 19.0 Å². The Kier molecular flexibility index (Phi) is 3.34. The number of amides is 1. The lowest BCUT2D eigenvalue weighted by Crippen LogP contribution is -2.48. The zero-order valence-electron chi connectivity index (χ0n) is 11.5. The highest BCUT2D eigenvalue weighted by Gasteiger charge is 2.31. The first-order valence-corrected chi connectivity index (χ1v) is 6.63. The maximum atomic E-state index is 12.6. The molecule has 1 aliphatic heterocycles. The number of ether oxygens (including phenoxy) is 1. The third kappa shape index (κ3) is 2.36. The lowest BCUT2D eigenvalue weighted by molar-refractivity contribution is -0.154. The minimum Gasteiger partial charge on any atom is -0.479 e. The van der Waals surface area contributed by atoms with E-state index in [0.29, 0.717) is 12.2 Å². The number of benzene rings is 1. The molecule has 1 amide bonds. The highest BCUT2D eigenvalue weighted by molar-refractivity contribution is 6.05. The monoisotopic (exact) mass is 289 g/mol. The maximum absolute atomic E-state index is 12.6. The van der Waals surface area contributed by atoms with E-state index in [1.165, 1.54) is 4.90 Å². The number of carboxylic acids is 1. The van der Waals surface area contributed by atoms with Gasteiger partial charge in [0.15, 0.2) is 11.8 Å². The van der Waals surface area contributed by atoms with E-state index in [4.69, 9.17) is 9.84 Å². The van der Waals surface area contributed by atoms with Gasteiger partial charge in [-0.3, -0.25) is 9.48 Å². The smallest absolute Gasteiger partial charge is 0.334 e. The fraction of sp³-hybridized carbons (Fsp3) is 0.357. The average Bonchev–Trinajstić information content (AvgIpc) is 2.84. The van der Waals surface area contributed by atoms with Crippen molar-refractivity contribution in [3.63, 3.8) is 0 Å². The maximum Gasteiger partial charge on any atom is 0.334 e. The molecule has 1 atom stereocenters. The molecule has 21 heavy (non-hydrogen) atoms. The summed E-state index contributed by atoms with van der Waals surface area (Å²) in [7, 11) is 1.78. The van der Waals surface area contributed by atoms with Gasteiger partial charge in [-0.05, 0) is 6.07 Å². The van der Waals surface area contributed by atoms with Crippen LogP contribution in [0.15, 0.2) is 24.3 Å². The first kappa shape index (κ1) is 13.6. The molecule has 2 heterocycles. The van der Waals surface area contributed by atoms with Crippen LogP contribution in [0.2, 0.25) is 0 Å². The number of aromatic nitrogens is 2. The van der Waals surface area contributed by atoms with Crippen LogP contribution in [0.25, 0.3) is 10.9 Å². The molecule has 110 valence electrons. The molecule has 7 nitrogen and oxygen atoms in total. The molecule has 1 aromatic heterocycles. The Labute approximate surface area is 120 Å². The number of hydrogen-bond donors (Lipinski definition) is 1. The molecule has 1 aliphatic rings. The van der Waals surface area contributed by atoms with Crippen molar-refractivity contribution in [1.82, 2.24) is 14.7 Å². The number of para-hydroxylation sites is 1. The zero-order valence-corrected chi connectivity index (χ0v) is 11.5. The highest BCUT2D eigenvalue weighted by atomic mass is 16.5. The lowest BCUT2D eigenvalue weighted by atomic mass is 10.2. The van der Waals surface area contributed by atoms with Crippen LogP contribution < -0.4 is 0 Å². The molecule has 2 aromatic rings. The molecule has 0 radical (unpaired) electrons. The molecule has 0 aliphatic carbocycles. The van der Waals surface area contributed by atoms with Crippen LogP contribution in [0, 0.1) is 0 Å². The van der Waals surface area contributed by atoms with E-state index in [-0.39, 0.29) is 19.1 Å². The van der Waals surface area contributed by atoms with Crippen LogP contribution in [-0.4, -0.2) is 57.5 Å². The third-order valence-corrected chi connectivity index (χ3v) is 3.59. The van der Waals surface area contributed by atoms with Crippen molar-refractivity contribution in [2.75, 3.05) is 19.7 Å². The van der Waals surface area contributed by atoms with E-state index in [1.54, 1.807) is 11.7 Å². The summed E-state index contributed by atoms with van der Waals surface area (Å²) < 4.78 is 6.78. The molecule has 1 unspecified atom stereocenters. The summed E-state index contributed by atoms with van der Waals surface area (Å²) in [5.74, 6) is -1.32. The minimum absolute atomic E-state index is 0.0407. The summed E-state index contributed by atoms with van der Waals surface area (Å²) in [6.07, 6.45) is -0.974. The van der Waals surface area contributed by atoms with Gasteiger partial charge in [-0.2, -0.15) is 5.10 Å². The topological polar surface area (TPSA) is 84.7 Å². The number of rotatable bonds is 2. The van der Waals surface area contributed by atoms with E-state index in [1.807, 2.05) is 24.3 Å². The van der Waals surface area contributed by atoms with Crippen molar-refractivity contribution in [3.05, 3.63) is 30.0 Å². The van der Waals surface area contributed by atoms with Crippen molar-refractivity contribution in [2.45, 2.75) is 6.10 Å². The molecular formula is C14H15N3O4. The fourth-order valence-corrected chi connectivity index (χ4v) is 2.50. The predicted molar refractivity (Wildman–Crippen MR) is 74.0 cm³/mol. The number of carboxylic acid groups (broad SMARTS) is 1. The number of carbonyl (C=O) groups excluding carboxylic acids is 1. The summed E-state index contributed by atoms with van der Waals surface area (Å²) in [4.78, 5) is 25.1. The van der Waals surface area contributed by atoms with Crippen molar-refractivity contribution >= 4 is 22.8 Å². The summed E-state index contributed by atoms with van der Waals surface area (Å²) in [5, 5.41) is 14.0. The van der Waals surface area contributed by atoms with E-state index in [2.05, 4.69) is 5.10 Å². The molecule has 0 saturated carbocycles. The molecule has 7 heteroatoms. The first-order valence-electron chi connectivity index (χ1n) is 6.63. The Balaban J connectivity index is 1.92. The normalized spacial score (nSPS) is 18.9. The number of aliphatic carboxylic acids is 1. The number of aryl methyl sites for hydroxylation is 1. The van der Waals surface area contributed by atoms with Crippen LogP contribution in [0.5, 0.6) is 0 Å². The van der Waals surface area contributed by atoms with Crippen LogP contribution in [0.3, 0.4) is 0 Å². The SMILES string of the molecule is Cn1nc(C(=O)N2CCOC(C(=O)O)C2)c2ccccc21. The third-order valence-electron chi connectivity index (χ3n) is 3.59. The number of morpholine rings is 1. The van der Waals surface area contributed by atoms with Crippen molar-refractivity contribution < 1.29 is 19.4 Å². The van der Waals surface area contributed by atoms with Gasteiger partial charge in [0.2, 0.25) is 0 Å². The Morgan fingerprint density at radius 1 is 1.38 bits per heavy atom. The van der Waals surface area contributed by atoms with Crippen LogP contribution in [-0.2, 0) is 16.6 Å². The average molecular weight is 289 g/mol. The van der Waals surface area contributed by atoms with E-state index in [0.717, 1.165) is 10.9 Å². The zero-order chi connectivity index (χ0) is 15.0. The summed E-state index contributed by atoms with van der Waals surface area (Å²) in [5.41, 5.74) is 1.21. The summed E-state index contributed by atoms with van der Waals surface area (Å²) in [6, 6.07) is 7.46. The van der Waals surface area contributed by atoms with Crippen molar-refractivity contribution in [2.24, 2.45) is 7.05 Å². The van der Waals surface area contributed by atoms with Crippen LogP contribution in [0.1, 0.15) is 10.5 Å². The van der Waals surface area contributed by atoms with E-state index in [9.17, 15) is 9.59 Å². The number of carbonyl (C=O) groups is 2. The Morgan fingerprint density at radius 2 is 2.14 bits per heavy atom. The second-order valence-electron chi connectivity index (χ2n) is 4.94. The molecule has 1 fully saturated rings. The van der Waals surface area contributed by atoms with Gasteiger partial charge in [-0.15, -0.1) is 0 Å². The molecule has 0 bridgehead atoms. The number of hydrogen-bond acceptors (Lipinski definition) is 4. The first-order chi connectivity index (χ1) is 10.1. The molecular weight excluding hydrogens is 274 g/mol. The van der Waals surface area contributed by atoms with Crippen molar-refractivity contribution in [1.29, 1.82) is 0 Å². The van der Waals surface area contributed by atoms with E-state index < -0.39 is 12.1 Å². The molecule has 1 aromatic carbocycles. The van der Waals surface area contributed by atoms with Gasteiger partial charge in [0.1, 0.15) is 0 Å². The number of nitrogens with zero attached hydrogens (tertiary/aromatic N) is 3. The van der Waals surface area contributed by atoms with Gasteiger partial charge in [0.05, 0.1) is 18.7 Å². The van der Waals surface area contributed by atoms with Crippen LogP contribution in [0.4, 0.5) is 0 Å². The Bertz CT molecular complexity index is 709. The minimum atomic E-state index is -1.06. The second-order valence-corrected chi connectivity index (χ2v) is 4.94. The van der Waals surface area contributed by atoms with Gasteiger partial charge < -0.3 is 14.7 Å². The number of fused-ring (bicyclic) bond motifs is 1. The van der Waals surface area contributed by atoms with Crippen molar-refractivity contribution in [3.8, 4) is 0 Å². The van der Waals surface area contributed by atoms with Gasteiger partial charge >= 0.3 is 5.97 Å².